The first kappa shape index (κ1) is 14.6. The van der Waals surface area contributed by atoms with Crippen LogP contribution in [0.1, 0.15) is 24.0 Å². The molecule has 0 spiro atoms. The van der Waals surface area contributed by atoms with Gasteiger partial charge in [-0.2, -0.15) is 0 Å². The van der Waals surface area contributed by atoms with Crippen molar-refractivity contribution < 1.29 is 14.4 Å². The number of fused-ring (bicyclic) bond motifs is 1. The summed E-state index contributed by atoms with van der Waals surface area (Å²) in [5, 5.41) is 2.77. The molecule has 2 fully saturated rings. The number of carbonyl (C=O) groups is 3. The molecule has 0 aliphatic carbocycles. The first-order valence-electron chi connectivity index (χ1n) is 7.46. The molecule has 1 aromatic carbocycles. The molecule has 2 aliphatic heterocycles. The third-order valence-electron chi connectivity index (χ3n) is 4.24. The second-order valence-corrected chi connectivity index (χ2v) is 5.92. The molecule has 2 saturated heterocycles. The van der Waals surface area contributed by atoms with Gasteiger partial charge in [0.15, 0.2) is 0 Å². The van der Waals surface area contributed by atoms with Gasteiger partial charge in [0.2, 0.25) is 5.91 Å². The molecule has 0 radical (unpaired) electrons. The average molecular weight is 301 g/mol. The Labute approximate surface area is 129 Å². The van der Waals surface area contributed by atoms with E-state index in [1.807, 2.05) is 32.0 Å². The van der Waals surface area contributed by atoms with Crippen LogP contribution in [0.5, 0.6) is 0 Å². The van der Waals surface area contributed by atoms with Gasteiger partial charge in [0.05, 0.1) is 0 Å². The van der Waals surface area contributed by atoms with Crippen LogP contribution in [-0.2, 0) is 9.59 Å². The lowest BCUT2D eigenvalue weighted by Crippen LogP contribution is -2.39. The predicted molar refractivity (Wildman–Crippen MR) is 81.4 cm³/mol. The fraction of sp³-hybridized carbons (Fsp3) is 0.438. The molecule has 1 aromatic rings. The lowest BCUT2D eigenvalue weighted by Gasteiger charge is -2.16. The highest BCUT2D eigenvalue weighted by atomic mass is 16.2. The minimum atomic E-state index is -0.360. The molecule has 0 aromatic heterocycles. The summed E-state index contributed by atoms with van der Waals surface area (Å²) in [5.41, 5.74) is 2.77. The number of anilines is 1. The minimum Gasteiger partial charge on any atom is -0.324 e. The lowest BCUT2D eigenvalue weighted by atomic mass is 10.1. The number of aryl methyl sites for hydroxylation is 2. The first-order chi connectivity index (χ1) is 10.5. The Morgan fingerprint density at radius 1 is 1.32 bits per heavy atom. The van der Waals surface area contributed by atoms with Gasteiger partial charge in [0, 0.05) is 12.2 Å². The molecule has 1 unspecified atom stereocenters. The normalized spacial score (nSPS) is 20.5. The lowest BCUT2D eigenvalue weighted by molar-refractivity contribution is -0.131. The molecule has 6 nitrogen and oxygen atoms in total. The summed E-state index contributed by atoms with van der Waals surface area (Å²) in [5.74, 6) is -0.604. The average Bonchev–Trinajstić information content (AvgIpc) is 3.02. The zero-order valence-electron chi connectivity index (χ0n) is 12.8. The van der Waals surface area contributed by atoms with Crippen molar-refractivity contribution in [2.24, 2.45) is 0 Å². The van der Waals surface area contributed by atoms with E-state index in [1.165, 1.54) is 0 Å². The van der Waals surface area contributed by atoms with Crippen LogP contribution in [0.2, 0.25) is 0 Å². The quantitative estimate of drug-likeness (QED) is 0.863. The Morgan fingerprint density at radius 2 is 2.09 bits per heavy atom. The van der Waals surface area contributed by atoms with E-state index in [9.17, 15) is 14.4 Å². The molecular weight excluding hydrogens is 282 g/mol. The van der Waals surface area contributed by atoms with E-state index >= 15 is 0 Å². The summed E-state index contributed by atoms with van der Waals surface area (Å²) in [6.07, 6.45) is 1.55. The van der Waals surface area contributed by atoms with Gasteiger partial charge < -0.3 is 10.2 Å². The molecule has 3 rings (SSSR count). The van der Waals surface area contributed by atoms with Crippen LogP contribution < -0.4 is 5.32 Å². The Morgan fingerprint density at radius 3 is 2.77 bits per heavy atom. The SMILES string of the molecule is Cc1ccc(NC(=O)CN2C(=O)C3CCCN3C2=O)c(C)c1. The standard InChI is InChI=1S/C16H19N3O3/c1-10-5-6-12(11(2)8-10)17-14(20)9-19-15(21)13-4-3-7-18(13)16(19)22/h5-6,8,13H,3-4,7,9H2,1-2H3,(H,17,20). The summed E-state index contributed by atoms with van der Waals surface area (Å²) < 4.78 is 0. The van der Waals surface area contributed by atoms with Gasteiger partial charge in [0.1, 0.15) is 12.6 Å². The maximum absolute atomic E-state index is 12.2. The summed E-state index contributed by atoms with van der Waals surface area (Å²) >= 11 is 0. The van der Waals surface area contributed by atoms with Gasteiger partial charge in [-0.3, -0.25) is 14.5 Å². The molecule has 4 amide bonds. The van der Waals surface area contributed by atoms with Crippen molar-refractivity contribution in [3.63, 3.8) is 0 Å². The van der Waals surface area contributed by atoms with Crippen LogP contribution in [0.25, 0.3) is 0 Å². The largest absolute Gasteiger partial charge is 0.327 e. The second kappa shape index (κ2) is 5.44. The van der Waals surface area contributed by atoms with Gasteiger partial charge in [-0.1, -0.05) is 17.7 Å². The van der Waals surface area contributed by atoms with Gasteiger partial charge in [0.25, 0.3) is 5.91 Å². The molecular formula is C16H19N3O3. The highest BCUT2D eigenvalue weighted by molar-refractivity contribution is 6.08. The number of hydrogen-bond donors (Lipinski definition) is 1. The smallest absolute Gasteiger partial charge is 0.324 e. The summed E-state index contributed by atoms with van der Waals surface area (Å²) in [7, 11) is 0. The van der Waals surface area contributed by atoms with E-state index in [0.717, 1.165) is 22.4 Å². The Balaban J connectivity index is 1.67. The molecule has 1 atom stereocenters. The molecule has 22 heavy (non-hydrogen) atoms. The fourth-order valence-corrected chi connectivity index (χ4v) is 3.11. The van der Waals surface area contributed by atoms with Gasteiger partial charge in [-0.25, -0.2) is 4.79 Å². The first-order valence-corrected chi connectivity index (χ1v) is 7.46. The van der Waals surface area contributed by atoms with Gasteiger partial charge in [-0.15, -0.1) is 0 Å². The number of hydrogen-bond acceptors (Lipinski definition) is 3. The van der Waals surface area contributed by atoms with Crippen molar-refractivity contribution in [3.8, 4) is 0 Å². The highest BCUT2D eigenvalue weighted by Gasteiger charge is 2.47. The molecule has 1 N–H and O–H groups in total. The van der Waals surface area contributed by atoms with Crippen molar-refractivity contribution in [3.05, 3.63) is 29.3 Å². The van der Waals surface area contributed by atoms with Crippen LogP contribution >= 0.6 is 0 Å². The third-order valence-corrected chi connectivity index (χ3v) is 4.24. The maximum Gasteiger partial charge on any atom is 0.327 e. The number of carbonyl (C=O) groups excluding carboxylic acids is 3. The zero-order chi connectivity index (χ0) is 15.9. The maximum atomic E-state index is 12.2. The Bertz CT molecular complexity index is 634. The van der Waals surface area contributed by atoms with Crippen LogP contribution in [0.4, 0.5) is 10.5 Å². The zero-order valence-corrected chi connectivity index (χ0v) is 12.8. The van der Waals surface area contributed by atoms with E-state index in [2.05, 4.69) is 5.32 Å². The number of benzene rings is 1. The van der Waals surface area contributed by atoms with Gasteiger partial charge >= 0.3 is 6.03 Å². The molecule has 0 saturated carbocycles. The monoisotopic (exact) mass is 301 g/mol. The number of nitrogens with one attached hydrogen (secondary N) is 1. The summed E-state index contributed by atoms with van der Waals surface area (Å²) in [6, 6.07) is 5.00. The van der Waals surface area contributed by atoms with Crippen molar-refractivity contribution in [1.29, 1.82) is 0 Å². The van der Waals surface area contributed by atoms with Crippen molar-refractivity contribution in [1.82, 2.24) is 9.80 Å². The number of urea groups is 1. The molecule has 0 bridgehead atoms. The number of amides is 4. The van der Waals surface area contributed by atoms with Crippen molar-refractivity contribution in [2.75, 3.05) is 18.4 Å². The summed E-state index contributed by atoms with van der Waals surface area (Å²) in [6.45, 7) is 4.26. The third kappa shape index (κ3) is 2.45. The highest BCUT2D eigenvalue weighted by Crippen LogP contribution is 2.27. The van der Waals surface area contributed by atoms with Crippen molar-refractivity contribution in [2.45, 2.75) is 32.7 Å². The van der Waals surface area contributed by atoms with Crippen LogP contribution in [-0.4, -0.2) is 46.8 Å². The Hall–Kier alpha value is -2.37. The van der Waals surface area contributed by atoms with Crippen LogP contribution in [0.15, 0.2) is 18.2 Å². The van der Waals surface area contributed by atoms with Crippen LogP contribution in [0, 0.1) is 13.8 Å². The number of nitrogens with zero attached hydrogens (tertiary/aromatic N) is 2. The molecule has 116 valence electrons. The summed E-state index contributed by atoms with van der Waals surface area (Å²) in [4.78, 5) is 39.1. The number of rotatable bonds is 3. The molecule has 6 heteroatoms. The van der Waals surface area contributed by atoms with E-state index in [1.54, 1.807) is 4.90 Å². The van der Waals surface area contributed by atoms with E-state index in [-0.39, 0.29) is 30.4 Å². The van der Waals surface area contributed by atoms with E-state index < -0.39 is 0 Å². The van der Waals surface area contributed by atoms with Crippen molar-refractivity contribution >= 4 is 23.5 Å². The van der Waals surface area contributed by atoms with E-state index in [0.29, 0.717) is 18.7 Å². The molecule has 2 aliphatic rings. The second-order valence-electron chi connectivity index (χ2n) is 5.92. The number of imide groups is 1. The van der Waals surface area contributed by atoms with E-state index in [4.69, 9.17) is 0 Å². The predicted octanol–water partition coefficient (Wildman–Crippen LogP) is 1.67. The Kier molecular flexibility index (Phi) is 3.60. The molecule has 2 heterocycles. The topological polar surface area (TPSA) is 69.7 Å². The van der Waals surface area contributed by atoms with Gasteiger partial charge in [-0.05, 0) is 38.3 Å². The fourth-order valence-electron chi connectivity index (χ4n) is 3.11. The minimum absolute atomic E-state index is 0.224. The van der Waals surface area contributed by atoms with Crippen LogP contribution in [0.3, 0.4) is 0 Å².